The van der Waals surface area contributed by atoms with E-state index in [4.69, 9.17) is 21.3 Å². The number of nitrogens with one attached hydrogen (secondary N) is 1. The molecule has 1 N–H and O–H groups in total. The van der Waals surface area contributed by atoms with E-state index in [0.29, 0.717) is 10.9 Å². The number of hydrogen-bond acceptors (Lipinski definition) is 3. The van der Waals surface area contributed by atoms with Crippen molar-refractivity contribution in [2.75, 3.05) is 0 Å². The second kappa shape index (κ2) is 9.06. The standard InChI is InChI=1S/C32H25ClN2O2/c1-20-11-9-10-16-25(20)28(29-21(2)26-18-17-24(33)19-27(26)34-29)32(23-14-7-4-8-15-23)31(36)37-30(35-32)22-12-5-3-6-13-22/h3-19,28,34H,1-2H3/t28-,32+/m1/s1. The normalized spacial score (nSPS) is 18.0. The van der Waals surface area contributed by atoms with Crippen LogP contribution in [0.15, 0.2) is 108 Å². The van der Waals surface area contributed by atoms with Crippen molar-refractivity contribution >= 4 is 34.4 Å². The van der Waals surface area contributed by atoms with E-state index in [1.165, 1.54) is 0 Å². The number of nitrogens with zero attached hydrogens (tertiary/aromatic N) is 1. The highest BCUT2D eigenvalue weighted by Gasteiger charge is 2.56. The summed E-state index contributed by atoms with van der Waals surface area (Å²) in [6, 6.07) is 33.3. The average molecular weight is 505 g/mol. The number of cyclic esters (lactones) is 1. The number of aliphatic imine (C=N–C) groups is 1. The number of carbonyl (C=O) groups excluding carboxylic acids is 1. The Balaban J connectivity index is 1.70. The predicted molar refractivity (Wildman–Crippen MR) is 148 cm³/mol. The molecular formula is C32H25ClN2O2. The first-order chi connectivity index (χ1) is 18.0. The van der Waals surface area contributed by atoms with Gasteiger partial charge in [-0.05, 0) is 60.4 Å². The first-order valence-electron chi connectivity index (χ1n) is 12.3. The monoisotopic (exact) mass is 504 g/mol. The third-order valence-corrected chi connectivity index (χ3v) is 7.51. The van der Waals surface area contributed by atoms with Gasteiger partial charge >= 0.3 is 5.97 Å². The maximum atomic E-state index is 14.2. The van der Waals surface area contributed by atoms with Crippen LogP contribution in [0.2, 0.25) is 5.02 Å². The van der Waals surface area contributed by atoms with Crippen molar-refractivity contribution in [3.8, 4) is 0 Å². The molecule has 1 aliphatic rings. The lowest BCUT2D eigenvalue weighted by atomic mass is 9.71. The number of rotatable bonds is 5. The Kier molecular flexibility index (Phi) is 5.69. The molecule has 2 heterocycles. The largest absolute Gasteiger partial charge is 0.405 e. The fourth-order valence-electron chi connectivity index (χ4n) is 5.44. The van der Waals surface area contributed by atoms with Gasteiger partial charge in [-0.3, -0.25) is 0 Å². The van der Waals surface area contributed by atoms with Crippen LogP contribution in [0.25, 0.3) is 10.9 Å². The minimum Gasteiger partial charge on any atom is -0.405 e. The molecule has 37 heavy (non-hydrogen) atoms. The number of fused-ring (bicyclic) bond motifs is 1. The minimum atomic E-state index is -1.34. The van der Waals surface area contributed by atoms with E-state index < -0.39 is 17.4 Å². The van der Waals surface area contributed by atoms with Gasteiger partial charge in [-0.25, -0.2) is 9.79 Å². The fraction of sp³-hybridized carbons (Fsp3) is 0.125. The summed E-state index contributed by atoms with van der Waals surface area (Å²) in [5.41, 5.74) is 5.13. The van der Waals surface area contributed by atoms with Gasteiger partial charge in [0.15, 0.2) is 5.54 Å². The van der Waals surface area contributed by atoms with Crippen molar-refractivity contribution in [2.24, 2.45) is 4.99 Å². The van der Waals surface area contributed by atoms with Gasteiger partial charge in [0, 0.05) is 27.2 Å². The van der Waals surface area contributed by atoms with Crippen molar-refractivity contribution in [1.82, 2.24) is 4.98 Å². The van der Waals surface area contributed by atoms with Gasteiger partial charge in [-0.2, -0.15) is 0 Å². The third-order valence-electron chi connectivity index (χ3n) is 7.28. The number of aromatic nitrogens is 1. The predicted octanol–water partition coefficient (Wildman–Crippen LogP) is 7.47. The van der Waals surface area contributed by atoms with Gasteiger partial charge in [-0.1, -0.05) is 90.5 Å². The summed E-state index contributed by atoms with van der Waals surface area (Å²) >= 11 is 6.35. The summed E-state index contributed by atoms with van der Waals surface area (Å²) in [6.45, 7) is 4.14. The molecule has 1 aliphatic heterocycles. The van der Waals surface area contributed by atoms with E-state index >= 15 is 0 Å². The van der Waals surface area contributed by atoms with E-state index in [-0.39, 0.29) is 0 Å². The molecule has 1 aromatic heterocycles. The van der Waals surface area contributed by atoms with E-state index in [9.17, 15) is 4.79 Å². The Morgan fingerprint density at radius 2 is 1.54 bits per heavy atom. The molecule has 5 aromatic rings. The molecule has 5 heteroatoms. The molecule has 2 atom stereocenters. The van der Waals surface area contributed by atoms with E-state index in [2.05, 4.69) is 31.0 Å². The minimum absolute atomic E-state index is 0.324. The van der Waals surface area contributed by atoms with Crippen LogP contribution in [0.3, 0.4) is 0 Å². The zero-order valence-corrected chi connectivity index (χ0v) is 21.3. The highest BCUT2D eigenvalue weighted by molar-refractivity contribution is 6.31. The summed E-state index contributed by atoms with van der Waals surface area (Å²) < 4.78 is 5.99. The second-order valence-electron chi connectivity index (χ2n) is 9.45. The molecule has 0 spiro atoms. The quantitative estimate of drug-likeness (QED) is 0.252. The summed E-state index contributed by atoms with van der Waals surface area (Å²) in [5, 5.41) is 1.70. The van der Waals surface area contributed by atoms with Gasteiger partial charge in [0.05, 0.1) is 5.92 Å². The van der Waals surface area contributed by atoms with Crippen LogP contribution in [0.5, 0.6) is 0 Å². The molecule has 0 fully saturated rings. The van der Waals surface area contributed by atoms with E-state index in [1.54, 1.807) is 0 Å². The number of aryl methyl sites for hydroxylation is 2. The number of aromatic amines is 1. The molecular weight excluding hydrogens is 480 g/mol. The number of esters is 1. The Morgan fingerprint density at radius 1 is 0.865 bits per heavy atom. The van der Waals surface area contributed by atoms with Gasteiger partial charge in [0.2, 0.25) is 5.90 Å². The second-order valence-corrected chi connectivity index (χ2v) is 9.88. The Morgan fingerprint density at radius 3 is 2.27 bits per heavy atom. The number of ether oxygens (including phenoxy) is 1. The lowest BCUT2D eigenvalue weighted by Gasteiger charge is -2.33. The number of halogens is 1. The molecule has 0 radical (unpaired) electrons. The molecule has 0 saturated heterocycles. The molecule has 182 valence electrons. The molecule has 0 saturated carbocycles. The van der Waals surface area contributed by atoms with Crippen LogP contribution < -0.4 is 0 Å². The number of benzene rings is 4. The molecule has 0 unspecified atom stereocenters. The first-order valence-corrected chi connectivity index (χ1v) is 12.6. The van der Waals surface area contributed by atoms with Crippen LogP contribution in [0.4, 0.5) is 0 Å². The molecule has 0 aliphatic carbocycles. The summed E-state index contributed by atoms with van der Waals surface area (Å²) in [6.07, 6.45) is 0. The van der Waals surface area contributed by atoms with Crippen LogP contribution in [0.1, 0.15) is 39.4 Å². The topological polar surface area (TPSA) is 54.4 Å². The third kappa shape index (κ3) is 3.76. The number of hydrogen-bond donors (Lipinski definition) is 1. The van der Waals surface area contributed by atoms with Crippen molar-refractivity contribution < 1.29 is 9.53 Å². The number of carbonyl (C=O) groups is 1. The van der Waals surface area contributed by atoms with E-state index in [0.717, 1.165) is 44.4 Å². The fourth-order valence-corrected chi connectivity index (χ4v) is 5.61. The zero-order valence-electron chi connectivity index (χ0n) is 20.5. The lowest BCUT2D eigenvalue weighted by Crippen LogP contribution is -2.39. The Bertz CT molecular complexity index is 1660. The molecule has 4 nitrogen and oxygen atoms in total. The van der Waals surface area contributed by atoms with Crippen LogP contribution in [0, 0.1) is 13.8 Å². The van der Waals surface area contributed by atoms with E-state index in [1.807, 2.05) is 91.0 Å². The maximum Gasteiger partial charge on any atom is 0.346 e. The Hall–Kier alpha value is -4.15. The smallest absolute Gasteiger partial charge is 0.346 e. The molecule has 0 bridgehead atoms. The molecule has 4 aromatic carbocycles. The highest BCUT2D eigenvalue weighted by Crippen LogP contribution is 2.50. The van der Waals surface area contributed by atoms with Gasteiger partial charge in [0.25, 0.3) is 0 Å². The molecule has 6 rings (SSSR count). The van der Waals surface area contributed by atoms with Gasteiger partial charge in [0.1, 0.15) is 0 Å². The summed E-state index contributed by atoms with van der Waals surface area (Å²) in [5.74, 6) is -0.553. The summed E-state index contributed by atoms with van der Waals surface area (Å²) in [7, 11) is 0. The van der Waals surface area contributed by atoms with Gasteiger partial charge < -0.3 is 9.72 Å². The first kappa shape index (κ1) is 23.3. The van der Waals surface area contributed by atoms with Gasteiger partial charge in [-0.15, -0.1) is 0 Å². The van der Waals surface area contributed by atoms with Crippen molar-refractivity contribution in [3.05, 3.63) is 142 Å². The zero-order chi connectivity index (χ0) is 25.6. The van der Waals surface area contributed by atoms with Crippen LogP contribution in [-0.2, 0) is 15.1 Å². The number of H-pyrrole nitrogens is 1. The lowest BCUT2D eigenvalue weighted by molar-refractivity contribution is -0.140. The Labute approximate surface area is 220 Å². The SMILES string of the molecule is Cc1ccccc1[C@H](c1[nH]c2cc(Cl)ccc2c1C)[C@]1(c2ccccc2)N=C(c2ccccc2)OC1=O. The van der Waals surface area contributed by atoms with Crippen molar-refractivity contribution in [2.45, 2.75) is 25.3 Å². The highest BCUT2D eigenvalue weighted by atomic mass is 35.5. The van der Waals surface area contributed by atoms with Crippen molar-refractivity contribution in [3.63, 3.8) is 0 Å². The van der Waals surface area contributed by atoms with Crippen LogP contribution in [-0.4, -0.2) is 16.9 Å². The van der Waals surface area contributed by atoms with Crippen molar-refractivity contribution in [1.29, 1.82) is 0 Å². The maximum absolute atomic E-state index is 14.2. The average Bonchev–Trinajstić information content (AvgIpc) is 3.43. The summed E-state index contributed by atoms with van der Waals surface area (Å²) in [4.78, 5) is 23.0. The van der Waals surface area contributed by atoms with Crippen LogP contribution >= 0.6 is 11.6 Å². The molecule has 0 amide bonds.